The van der Waals surface area contributed by atoms with Gasteiger partial charge in [0.1, 0.15) is 34.5 Å². The highest BCUT2D eigenvalue weighted by Gasteiger charge is 2.25. The summed E-state index contributed by atoms with van der Waals surface area (Å²) >= 11 is 46.7. The van der Waals surface area contributed by atoms with E-state index < -0.39 is 17.9 Å². The zero-order valence-corrected chi connectivity index (χ0v) is 47.3. The summed E-state index contributed by atoms with van der Waals surface area (Å²) in [4.78, 5) is 34.5. The SMILES string of the molecule is CCOC(=O)c1nnn(Cc2ccc(OC)cc2)c1Oc1ccc(Cl)cc1Cl.COc1ccc(Cn2nnc(C(=O)O)c2Oc2ccc(Cl)cc2Cl)cc1.O=C(O)c1[nH]nnc1Oc1ccc(Cl)cc1Cl.Oc1ccc(Cl)cc1Cl. The van der Waals surface area contributed by atoms with Crippen molar-refractivity contribution < 1.29 is 58.1 Å². The number of carboxylic acid groups (broad SMARTS) is 2. The minimum absolute atomic E-state index is 0.0301. The number of hydrogen-bond donors (Lipinski definition) is 4. The molecule has 0 aliphatic carbocycles. The summed E-state index contributed by atoms with van der Waals surface area (Å²) in [7, 11) is 3.17. The fourth-order valence-corrected chi connectivity index (χ4v) is 7.93. The van der Waals surface area contributed by atoms with Crippen LogP contribution in [-0.2, 0) is 17.8 Å². The number of esters is 1. The number of hydrogen-bond acceptors (Lipinski definition) is 16. The first-order chi connectivity index (χ1) is 38.3. The molecule has 0 aliphatic heterocycles. The fourth-order valence-electron chi connectivity index (χ4n) is 6.18. The third-order valence-electron chi connectivity index (χ3n) is 9.98. The molecule has 3 aromatic heterocycles. The largest absolute Gasteiger partial charge is 0.506 e. The maximum atomic E-state index is 12.3. The molecule has 0 amide bonds. The van der Waals surface area contributed by atoms with Gasteiger partial charge in [0, 0.05) is 20.1 Å². The molecule has 4 N–H and O–H groups in total. The van der Waals surface area contributed by atoms with Gasteiger partial charge in [-0.2, -0.15) is 0 Å². The number of aromatic hydroxyl groups is 1. The molecule has 21 nitrogen and oxygen atoms in total. The topological polar surface area (TPSA) is 270 Å². The van der Waals surface area contributed by atoms with E-state index in [4.69, 9.17) is 131 Å². The molecule has 0 saturated heterocycles. The minimum Gasteiger partial charge on any atom is -0.506 e. The van der Waals surface area contributed by atoms with Gasteiger partial charge >= 0.3 is 17.9 Å². The van der Waals surface area contributed by atoms with Crippen molar-refractivity contribution in [2.45, 2.75) is 20.0 Å². The third-order valence-corrected chi connectivity index (χ3v) is 12.1. The van der Waals surface area contributed by atoms with Gasteiger partial charge in [-0.3, -0.25) is 0 Å². The van der Waals surface area contributed by atoms with Crippen LogP contribution in [0.2, 0.25) is 40.2 Å². The van der Waals surface area contributed by atoms with Crippen molar-refractivity contribution in [1.29, 1.82) is 0 Å². The number of halogens is 8. The number of aromatic carboxylic acids is 2. The van der Waals surface area contributed by atoms with Crippen LogP contribution in [0.15, 0.2) is 121 Å². The van der Waals surface area contributed by atoms with Crippen molar-refractivity contribution in [2.24, 2.45) is 0 Å². The maximum Gasteiger partial charge on any atom is 0.364 e. The first kappa shape index (κ1) is 61.5. The second kappa shape index (κ2) is 29.5. The molecule has 3 heterocycles. The molecular weight excluding hydrogens is 1210 g/mol. The molecule has 0 fully saturated rings. The number of carboxylic acids is 2. The van der Waals surface area contributed by atoms with Gasteiger partial charge in [-0.15, -0.1) is 10.2 Å². The number of rotatable bonds is 16. The third kappa shape index (κ3) is 17.4. The zero-order valence-electron chi connectivity index (χ0n) is 41.3. The molecule has 0 unspecified atom stereocenters. The number of phenolic OH excluding ortho intramolecular Hbond substituents is 1. The summed E-state index contributed by atoms with van der Waals surface area (Å²) in [5.74, 6) is -0.885. The van der Waals surface area contributed by atoms with Crippen LogP contribution < -0.4 is 23.7 Å². The molecule has 6 aromatic carbocycles. The number of carbonyl (C=O) groups is 3. The minimum atomic E-state index is -1.26. The van der Waals surface area contributed by atoms with Crippen LogP contribution >= 0.6 is 92.8 Å². The van der Waals surface area contributed by atoms with Gasteiger partial charge < -0.3 is 43.7 Å². The Morgan fingerprint density at radius 1 is 0.525 bits per heavy atom. The molecule has 0 spiro atoms. The van der Waals surface area contributed by atoms with E-state index in [1.165, 1.54) is 39.7 Å². The Balaban J connectivity index is 0.000000183. The van der Waals surface area contributed by atoms with Gasteiger partial charge in [-0.05, 0) is 115 Å². The van der Waals surface area contributed by atoms with E-state index in [2.05, 4.69) is 36.0 Å². The standard InChI is InChI=1S/C19H17Cl2N3O4.C17H13Cl2N3O4.C9H5Cl2N3O3.C6H4Cl2O/c1-3-27-19(25)17-18(28-16-9-6-13(20)10-15(16)21)24(23-22-17)11-12-4-7-14(26-2)8-5-12;1-25-12-5-2-10(3-6-12)9-22-16(15(17(23)24)20-21-22)26-14-7-4-11(18)8-13(14)19;10-4-1-2-6(5(11)3-4)17-8-7(9(15)16)12-14-13-8;7-4-1-2-6(9)5(8)3-4/h4-10H,3,11H2,1-2H3;2-8H,9H2,1H3,(H,23,24);1-3H,(H,15,16)(H,12,13,14);1-3,9H. The Morgan fingerprint density at radius 2 is 0.938 bits per heavy atom. The van der Waals surface area contributed by atoms with E-state index in [9.17, 15) is 19.5 Å². The molecule has 0 bridgehead atoms. The van der Waals surface area contributed by atoms with Crippen LogP contribution in [0.4, 0.5) is 0 Å². The summed E-state index contributed by atoms with van der Waals surface area (Å²) in [6.45, 7) is 2.48. The highest BCUT2D eigenvalue weighted by atomic mass is 35.5. The van der Waals surface area contributed by atoms with Crippen molar-refractivity contribution >= 4 is 111 Å². The van der Waals surface area contributed by atoms with Gasteiger partial charge in [0.25, 0.3) is 17.6 Å². The van der Waals surface area contributed by atoms with Gasteiger partial charge in [-0.25, -0.2) is 28.8 Å². The monoisotopic (exact) mass is 1250 g/mol. The lowest BCUT2D eigenvalue weighted by Crippen LogP contribution is -2.09. The molecule has 9 rings (SSSR count). The Hall–Kier alpha value is -7.73. The number of benzene rings is 6. The molecule has 80 heavy (non-hydrogen) atoms. The summed E-state index contributed by atoms with van der Waals surface area (Å²) in [6.07, 6.45) is 0. The number of nitrogens with zero attached hydrogens (tertiary/aromatic N) is 8. The highest BCUT2D eigenvalue weighted by molar-refractivity contribution is 6.37. The highest BCUT2D eigenvalue weighted by Crippen LogP contribution is 2.36. The van der Waals surface area contributed by atoms with Crippen molar-refractivity contribution in [3.63, 3.8) is 0 Å². The van der Waals surface area contributed by atoms with Gasteiger partial charge in [0.05, 0.1) is 54.0 Å². The van der Waals surface area contributed by atoms with E-state index in [1.54, 1.807) is 75.7 Å². The first-order valence-corrected chi connectivity index (χ1v) is 25.5. The van der Waals surface area contributed by atoms with Crippen molar-refractivity contribution in [1.82, 2.24) is 45.4 Å². The van der Waals surface area contributed by atoms with Crippen LogP contribution in [0.3, 0.4) is 0 Å². The van der Waals surface area contributed by atoms with Crippen molar-refractivity contribution in [2.75, 3.05) is 20.8 Å². The zero-order chi connectivity index (χ0) is 58.0. The normalized spacial score (nSPS) is 10.4. The Bertz CT molecular complexity index is 3590. The van der Waals surface area contributed by atoms with Crippen LogP contribution in [0.5, 0.6) is 52.1 Å². The predicted molar refractivity (Wildman–Crippen MR) is 298 cm³/mol. The predicted octanol–water partition coefficient (Wildman–Crippen LogP) is 14.0. The number of aromatic amines is 1. The molecular formula is C51H39Cl8N9O12. The molecule has 29 heteroatoms. The summed E-state index contributed by atoms with van der Waals surface area (Å²) in [5, 5.41) is 54.5. The van der Waals surface area contributed by atoms with E-state index in [-0.39, 0.29) is 80.2 Å². The van der Waals surface area contributed by atoms with Crippen LogP contribution in [0, 0.1) is 0 Å². The summed E-state index contributed by atoms with van der Waals surface area (Å²) in [6, 6.07) is 33.1. The molecule has 0 radical (unpaired) electrons. The second-order valence-electron chi connectivity index (χ2n) is 15.4. The number of H-pyrrole nitrogens is 1. The van der Waals surface area contributed by atoms with E-state index in [1.807, 2.05) is 36.4 Å². The lowest BCUT2D eigenvalue weighted by molar-refractivity contribution is 0.0515. The van der Waals surface area contributed by atoms with E-state index in [0.29, 0.717) is 43.2 Å². The smallest absolute Gasteiger partial charge is 0.364 e. The van der Waals surface area contributed by atoms with Gasteiger partial charge in [0.15, 0.2) is 0 Å². The number of nitrogens with one attached hydrogen (secondary N) is 1. The number of aromatic nitrogens is 9. The number of ether oxygens (including phenoxy) is 6. The Kier molecular flexibility index (Phi) is 22.7. The molecule has 0 aliphatic rings. The van der Waals surface area contributed by atoms with Crippen molar-refractivity contribution in [3.05, 3.63) is 190 Å². The van der Waals surface area contributed by atoms with Crippen LogP contribution in [0.25, 0.3) is 0 Å². The van der Waals surface area contributed by atoms with E-state index >= 15 is 0 Å². The first-order valence-electron chi connectivity index (χ1n) is 22.5. The van der Waals surface area contributed by atoms with Gasteiger partial charge in [-0.1, -0.05) is 138 Å². The number of methoxy groups -OCH3 is 2. The summed E-state index contributed by atoms with van der Waals surface area (Å²) in [5.41, 5.74) is 1.16. The van der Waals surface area contributed by atoms with Crippen LogP contribution in [-0.4, -0.2) is 99.5 Å². The molecule has 0 saturated carbocycles. The lowest BCUT2D eigenvalue weighted by atomic mass is 10.2. The van der Waals surface area contributed by atoms with Crippen molar-refractivity contribution in [3.8, 4) is 52.1 Å². The van der Waals surface area contributed by atoms with Crippen LogP contribution in [0.1, 0.15) is 49.5 Å². The maximum absolute atomic E-state index is 12.3. The summed E-state index contributed by atoms with van der Waals surface area (Å²) < 4.78 is 34.9. The average Bonchev–Trinajstić information content (AvgIpc) is 4.20. The number of carbonyl (C=O) groups excluding carboxylic acids is 1. The second-order valence-corrected chi connectivity index (χ2v) is 18.8. The quantitative estimate of drug-likeness (QED) is 0.0655. The number of phenols is 1. The molecule has 416 valence electrons. The Morgan fingerprint density at radius 3 is 1.32 bits per heavy atom. The van der Waals surface area contributed by atoms with Gasteiger partial charge in [0.2, 0.25) is 17.1 Å². The molecule has 9 aromatic rings. The average molecular weight is 1250 g/mol. The lowest BCUT2D eigenvalue weighted by Gasteiger charge is -2.11. The Labute approximate surface area is 493 Å². The molecule has 0 atom stereocenters. The fraction of sp³-hybridized carbons (Fsp3) is 0.118. The van der Waals surface area contributed by atoms with E-state index in [0.717, 1.165) is 16.9 Å².